The van der Waals surface area contributed by atoms with Crippen LogP contribution in [0.15, 0.2) is 18.2 Å². The highest BCUT2D eigenvalue weighted by Gasteiger charge is 2.16. The average Bonchev–Trinajstić information content (AvgIpc) is 2.60. The van der Waals surface area contributed by atoms with Gasteiger partial charge in [0.2, 0.25) is 0 Å². The molecule has 0 fully saturated rings. The number of nitrogens with one attached hydrogen (secondary N) is 1. The lowest BCUT2D eigenvalue weighted by molar-refractivity contribution is 0.0691. The monoisotopic (exact) mass is 250 g/mol. The third kappa shape index (κ3) is 2.17. The quantitative estimate of drug-likeness (QED) is 0.861. The molecule has 0 saturated heterocycles. The normalized spacial score (nSPS) is 10.5. The van der Waals surface area contributed by atoms with Gasteiger partial charge in [0.25, 0.3) is 0 Å². The van der Waals surface area contributed by atoms with Gasteiger partial charge >= 0.3 is 5.97 Å². The number of hydrogen-bond donors (Lipinski definition) is 2. The zero-order valence-corrected chi connectivity index (χ0v) is 10.2. The molecule has 0 spiro atoms. The molecular weight excluding hydrogens is 240 g/mol. The van der Waals surface area contributed by atoms with Crippen LogP contribution in [0.3, 0.4) is 0 Å². The van der Waals surface area contributed by atoms with Gasteiger partial charge in [0.05, 0.1) is 0 Å². The van der Waals surface area contributed by atoms with Crippen LogP contribution in [0.25, 0.3) is 11.4 Å². The maximum atomic E-state index is 10.8. The third-order valence-electron chi connectivity index (χ3n) is 2.50. The van der Waals surface area contributed by atoms with E-state index in [4.69, 9.17) is 16.7 Å². The number of hydrogen-bond acceptors (Lipinski definition) is 2. The predicted molar refractivity (Wildman–Crippen MR) is 65.5 cm³/mol. The minimum absolute atomic E-state index is 0.0486. The van der Waals surface area contributed by atoms with Crippen LogP contribution in [0.5, 0.6) is 0 Å². The molecule has 2 aromatic rings. The first-order valence-electron chi connectivity index (χ1n) is 5.05. The van der Waals surface area contributed by atoms with Crippen molar-refractivity contribution in [1.82, 2.24) is 9.97 Å². The van der Waals surface area contributed by atoms with Crippen LogP contribution in [0.2, 0.25) is 5.15 Å². The molecule has 2 N–H and O–H groups in total. The Labute approximate surface area is 103 Å². The number of aromatic amines is 1. The second kappa shape index (κ2) is 4.22. The molecule has 0 radical (unpaired) electrons. The number of benzene rings is 1. The fourth-order valence-corrected chi connectivity index (χ4v) is 1.91. The van der Waals surface area contributed by atoms with E-state index in [0.29, 0.717) is 5.82 Å². The maximum Gasteiger partial charge on any atom is 0.357 e. The molecule has 1 aromatic heterocycles. The number of rotatable bonds is 2. The number of carboxylic acid groups (broad SMARTS) is 1. The number of aryl methyl sites for hydroxylation is 2. The Hall–Kier alpha value is -1.81. The Kier molecular flexibility index (Phi) is 2.90. The molecular formula is C12H11ClN2O2. The number of aromatic carboxylic acids is 1. The van der Waals surface area contributed by atoms with Crippen molar-refractivity contribution < 1.29 is 9.90 Å². The number of halogens is 1. The summed E-state index contributed by atoms with van der Waals surface area (Å²) in [5.41, 5.74) is 2.86. The Balaban J connectivity index is 2.53. The van der Waals surface area contributed by atoms with Crippen LogP contribution in [0, 0.1) is 13.8 Å². The van der Waals surface area contributed by atoms with Gasteiger partial charge in [0.1, 0.15) is 11.0 Å². The summed E-state index contributed by atoms with van der Waals surface area (Å²) in [6.45, 7) is 3.94. The van der Waals surface area contributed by atoms with E-state index in [1.807, 2.05) is 32.0 Å². The Morgan fingerprint density at radius 1 is 1.41 bits per heavy atom. The number of nitrogens with zero attached hydrogens (tertiary/aromatic N) is 1. The van der Waals surface area contributed by atoms with Gasteiger partial charge in [-0.25, -0.2) is 9.78 Å². The van der Waals surface area contributed by atoms with Gasteiger partial charge in [0.15, 0.2) is 5.69 Å². The minimum atomic E-state index is -1.14. The summed E-state index contributed by atoms with van der Waals surface area (Å²) < 4.78 is 0. The highest BCUT2D eigenvalue weighted by molar-refractivity contribution is 6.32. The fourth-order valence-electron chi connectivity index (χ4n) is 1.70. The van der Waals surface area contributed by atoms with Crippen LogP contribution >= 0.6 is 11.6 Å². The summed E-state index contributed by atoms with van der Waals surface area (Å²) in [6, 6.07) is 5.84. The summed E-state index contributed by atoms with van der Waals surface area (Å²) in [7, 11) is 0. The van der Waals surface area contributed by atoms with E-state index in [-0.39, 0.29) is 10.8 Å². The van der Waals surface area contributed by atoms with Crippen LogP contribution in [0.4, 0.5) is 0 Å². The summed E-state index contributed by atoms with van der Waals surface area (Å²) >= 11 is 5.77. The van der Waals surface area contributed by atoms with Gasteiger partial charge in [-0.05, 0) is 19.4 Å². The van der Waals surface area contributed by atoms with Crippen LogP contribution in [0.1, 0.15) is 21.6 Å². The summed E-state index contributed by atoms with van der Waals surface area (Å²) in [5, 5.41) is 8.92. The van der Waals surface area contributed by atoms with Crippen molar-refractivity contribution in [2.45, 2.75) is 13.8 Å². The zero-order valence-electron chi connectivity index (χ0n) is 9.41. The first-order valence-corrected chi connectivity index (χ1v) is 5.43. The lowest BCUT2D eigenvalue weighted by atomic mass is 10.1. The van der Waals surface area contributed by atoms with Gasteiger partial charge in [-0.3, -0.25) is 0 Å². The van der Waals surface area contributed by atoms with Crippen molar-refractivity contribution in [2.75, 3.05) is 0 Å². The van der Waals surface area contributed by atoms with E-state index in [9.17, 15) is 4.79 Å². The van der Waals surface area contributed by atoms with Gasteiger partial charge < -0.3 is 10.1 Å². The molecule has 2 rings (SSSR count). The van der Waals surface area contributed by atoms with Gasteiger partial charge in [-0.1, -0.05) is 35.4 Å². The molecule has 88 valence electrons. The molecule has 0 atom stereocenters. The molecule has 0 unspecified atom stereocenters. The summed E-state index contributed by atoms with van der Waals surface area (Å²) in [6.07, 6.45) is 0. The van der Waals surface area contributed by atoms with E-state index in [1.165, 1.54) is 0 Å². The molecule has 4 nitrogen and oxygen atoms in total. The standard InChI is InChI=1S/C12H11ClN2O2/c1-6-3-4-8(7(2)5-6)11-14-9(12(16)17)10(13)15-11/h3-5H,1-2H3,(H,14,15)(H,16,17). The van der Waals surface area contributed by atoms with Crippen molar-refractivity contribution in [3.63, 3.8) is 0 Å². The first kappa shape index (κ1) is 11.7. The van der Waals surface area contributed by atoms with Crippen LogP contribution in [-0.2, 0) is 0 Å². The topological polar surface area (TPSA) is 66.0 Å². The molecule has 1 aromatic carbocycles. The average molecular weight is 251 g/mol. The van der Waals surface area contributed by atoms with Gasteiger partial charge in [-0.15, -0.1) is 0 Å². The second-order valence-corrected chi connectivity index (χ2v) is 4.25. The van der Waals surface area contributed by atoms with E-state index in [1.54, 1.807) is 0 Å². The maximum absolute atomic E-state index is 10.8. The number of imidazole rings is 1. The van der Waals surface area contributed by atoms with Crippen molar-refractivity contribution in [1.29, 1.82) is 0 Å². The van der Waals surface area contributed by atoms with E-state index in [2.05, 4.69) is 9.97 Å². The number of H-pyrrole nitrogens is 1. The van der Waals surface area contributed by atoms with E-state index < -0.39 is 5.97 Å². The summed E-state index contributed by atoms with van der Waals surface area (Å²) in [4.78, 5) is 17.6. The SMILES string of the molecule is Cc1ccc(-c2nc(C(=O)O)c(Cl)[nH]2)c(C)c1. The minimum Gasteiger partial charge on any atom is -0.476 e. The van der Waals surface area contributed by atoms with E-state index >= 15 is 0 Å². The zero-order chi connectivity index (χ0) is 12.6. The molecule has 0 saturated carbocycles. The molecule has 5 heteroatoms. The van der Waals surface area contributed by atoms with Crippen LogP contribution < -0.4 is 0 Å². The third-order valence-corrected chi connectivity index (χ3v) is 2.77. The molecule has 17 heavy (non-hydrogen) atoms. The molecule has 0 aliphatic heterocycles. The largest absolute Gasteiger partial charge is 0.476 e. The smallest absolute Gasteiger partial charge is 0.357 e. The molecule has 0 aliphatic rings. The number of carboxylic acids is 1. The Morgan fingerprint density at radius 3 is 2.65 bits per heavy atom. The highest BCUT2D eigenvalue weighted by Crippen LogP contribution is 2.24. The second-order valence-electron chi connectivity index (χ2n) is 3.87. The molecule has 0 bridgehead atoms. The fraction of sp³-hybridized carbons (Fsp3) is 0.167. The number of carbonyl (C=O) groups is 1. The van der Waals surface area contributed by atoms with Crippen molar-refractivity contribution in [3.8, 4) is 11.4 Å². The van der Waals surface area contributed by atoms with E-state index in [0.717, 1.165) is 16.7 Å². The molecule has 0 amide bonds. The van der Waals surface area contributed by atoms with Gasteiger partial charge in [-0.2, -0.15) is 0 Å². The Bertz CT molecular complexity index is 590. The molecule has 0 aliphatic carbocycles. The van der Waals surface area contributed by atoms with Gasteiger partial charge in [0, 0.05) is 5.56 Å². The lowest BCUT2D eigenvalue weighted by Gasteiger charge is -2.03. The lowest BCUT2D eigenvalue weighted by Crippen LogP contribution is -1.97. The van der Waals surface area contributed by atoms with Crippen molar-refractivity contribution in [3.05, 3.63) is 40.2 Å². The predicted octanol–water partition coefficient (Wildman–Crippen LogP) is 3.05. The summed E-state index contributed by atoms with van der Waals surface area (Å²) in [5.74, 6) is -0.660. The van der Waals surface area contributed by atoms with Crippen molar-refractivity contribution >= 4 is 17.6 Å². The van der Waals surface area contributed by atoms with Crippen LogP contribution in [-0.4, -0.2) is 21.0 Å². The molecule has 1 heterocycles. The highest BCUT2D eigenvalue weighted by atomic mass is 35.5. The Morgan fingerprint density at radius 2 is 2.12 bits per heavy atom. The first-order chi connectivity index (χ1) is 7.99. The number of aromatic nitrogens is 2. The van der Waals surface area contributed by atoms with Crippen molar-refractivity contribution in [2.24, 2.45) is 0 Å².